The molecule has 1 N–H and O–H groups in total. The van der Waals surface area contributed by atoms with Gasteiger partial charge in [-0.1, -0.05) is 6.07 Å². The van der Waals surface area contributed by atoms with Crippen molar-refractivity contribution in [2.75, 3.05) is 27.4 Å². The second kappa shape index (κ2) is 9.00. The molecule has 7 nitrogen and oxygen atoms in total. The molecule has 3 rings (SSSR count). The molecule has 0 atom stereocenters. The highest BCUT2D eigenvalue weighted by Gasteiger charge is 2.10. The van der Waals surface area contributed by atoms with Gasteiger partial charge in [-0.3, -0.25) is 4.79 Å². The van der Waals surface area contributed by atoms with E-state index in [1.165, 1.54) is 7.11 Å². The number of benzene rings is 1. The first kappa shape index (κ1) is 18.7. The van der Waals surface area contributed by atoms with Crippen molar-refractivity contribution in [3.8, 4) is 28.0 Å². The van der Waals surface area contributed by atoms with Gasteiger partial charge >= 0.3 is 0 Å². The summed E-state index contributed by atoms with van der Waals surface area (Å²) in [5.41, 5.74) is 1.28. The molecule has 0 aliphatic carbocycles. The van der Waals surface area contributed by atoms with Crippen LogP contribution in [0.4, 0.5) is 0 Å². The summed E-state index contributed by atoms with van der Waals surface area (Å²) in [6.07, 6.45) is 0. The normalized spacial score (nSPS) is 10.3. The highest BCUT2D eigenvalue weighted by atomic mass is 32.1. The van der Waals surface area contributed by atoms with Crippen LogP contribution in [0.25, 0.3) is 10.6 Å². The van der Waals surface area contributed by atoms with Crippen LogP contribution >= 0.6 is 11.3 Å². The van der Waals surface area contributed by atoms with E-state index in [9.17, 15) is 4.79 Å². The third-order valence-corrected chi connectivity index (χ3v) is 4.59. The van der Waals surface area contributed by atoms with E-state index in [4.69, 9.17) is 14.2 Å². The van der Waals surface area contributed by atoms with Crippen LogP contribution in [0.2, 0.25) is 0 Å². The second-order valence-electron chi connectivity index (χ2n) is 5.41. The lowest BCUT2D eigenvalue weighted by Gasteiger charge is -2.10. The van der Waals surface area contributed by atoms with Crippen LogP contribution in [0, 0.1) is 0 Å². The van der Waals surface area contributed by atoms with Crippen LogP contribution in [0.1, 0.15) is 10.4 Å². The predicted molar refractivity (Wildman–Crippen MR) is 103 cm³/mol. The Labute approximate surface area is 160 Å². The molecular weight excluding hydrogens is 366 g/mol. The van der Waals surface area contributed by atoms with E-state index in [0.717, 1.165) is 10.6 Å². The third-order valence-electron chi connectivity index (χ3n) is 3.70. The zero-order valence-corrected chi connectivity index (χ0v) is 15.8. The number of ether oxygens (including phenoxy) is 3. The first-order valence-corrected chi connectivity index (χ1v) is 9.10. The molecule has 1 amide bonds. The lowest BCUT2D eigenvalue weighted by molar-refractivity contribution is 0.0946. The number of nitrogens with one attached hydrogen (secondary N) is 1. The quantitative estimate of drug-likeness (QED) is 0.600. The molecule has 0 aliphatic heterocycles. The molecule has 1 aromatic carbocycles. The van der Waals surface area contributed by atoms with Crippen molar-refractivity contribution in [1.29, 1.82) is 0 Å². The third kappa shape index (κ3) is 4.73. The van der Waals surface area contributed by atoms with E-state index in [-0.39, 0.29) is 12.5 Å². The van der Waals surface area contributed by atoms with Gasteiger partial charge in [0.25, 0.3) is 5.91 Å². The number of hydrogen-bond acceptors (Lipinski definition) is 7. The van der Waals surface area contributed by atoms with Gasteiger partial charge in [-0.15, -0.1) is 21.5 Å². The molecule has 0 fully saturated rings. The first-order valence-electron chi connectivity index (χ1n) is 8.22. The van der Waals surface area contributed by atoms with E-state index in [2.05, 4.69) is 15.5 Å². The molecule has 27 heavy (non-hydrogen) atoms. The summed E-state index contributed by atoms with van der Waals surface area (Å²) in [6, 6.07) is 12.6. The molecule has 2 aromatic heterocycles. The van der Waals surface area contributed by atoms with Crippen molar-refractivity contribution in [2.24, 2.45) is 0 Å². The summed E-state index contributed by atoms with van der Waals surface area (Å²) in [4.78, 5) is 13.3. The van der Waals surface area contributed by atoms with E-state index in [1.807, 2.05) is 23.6 Å². The van der Waals surface area contributed by atoms with Gasteiger partial charge in [0.05, 0.1) is 25.6 Å². The maximum Gasteiger partial charge on any atom is 0.251 e. The number of nitrogens with zero attached hydrogens (tertiary/aromatic N) is 2. The number of rotatable bonds is 8. The fourth-order valence-corrected chi connectivity index (χ4v) is 3.04. The van der Waals surface area contributed by atoms with Gasteiger partial charge in [0.15, 0.2) is 11.5 Å². The molecule has 0 aliphatic rings. The molecule has 0 radical (unpaired) electrons. The van der Waals surface area contributed by atoms with Crippen LogP contribution in [0.3, 0.4) is 0 Å². The standard InChI is InChI=1S/C19H19N3O4S/c1-24-15-7-5-13(12-16(15)25-2)19(23)20-9-10-26-18-8-6-14(21-22-18)17-4-3-11-27-17/h3-8,11-12H,9-10H2,1-2H3,(H,20,23). The number of amides is 1. The van der Waals surface area contributed by atoms with Crippen molar-refractivity contribution < 1.29 is 19.0 Å². The number of aromatic nitrogens is 2. The summed E-state index contributed by atoms with van der Waals surface area (Å²) in [6.45, 7) is 0.619. The van der Waals surface area contributed by atoms with Crippen molar-refractivity contribution >= 4 is 17.2 Å². The number of carbonyl (C=O) groups excluding carboxylic acids is 1. The van der Waals surface area contributed by atoms with Gasteiger partial charge in [0.2, 0.25) is 5.88 Å². The summed E-state index contributed by atoms with van der Waals surface area (Å²) in [7, 11) is 3.07. The van der Waals surface area contributed by atoms with Crippen LogP contribution < -0.4 is 19.5 Å². The zero-order valence-electron chi connectivity index (χ0n) is 15.0. The van der Waals surface area contributed by atoms with Crippen molar-refractivity contribution in [2.45, 2.75) is 0 Å². The first-order chi connectivity index (χ1) is 13.2. The second-order valence-corrected chi connectivity index (χ2v) is 6.36. The molecule has 0 saturated carbocycles. The molecule has 0 spiro atoms. The number of carbonyl (C=O) groups is 1. The molecule has 140 valence electrons. The van der Waals surface area contributed by atoms with E-state index in [1.54, 1.807) is 42.7 Å². The Bertz CT molecular complexity index is 882. The lowest BCUT2D eigenvalue weighted by Crippen LogP contribution is -2.28. The number of hydrogen-bond donors (Lipinski definition) is 1. The molecule has 0 bridgehead atoms. The van der Waals surface area contributed by atoms with E-state index < -0.39 is 0 Å². The molecule has 2 heterocycles. The Hall–Kier alpha value is -3.13. The Morgan fingerprint density at radius 2 is 1.93 bits per heavy atom. The number of thiophene rings is 1. The lowest BCUT2D eigenvalue weighted by atomic mass is 10.2. The average Bonchev–Trinajstić information content (AvgIpc) is 3.25. The minimum Gasteiger partial charge on any atom is -0.493 e. The minimum atomic E-state index is -0.223. The number of methoxy groups -OCH3 is 2. The topological polar surface area (TPSA) is 82.6 Å². The van der Waals surface area contributed by atoms with Crippen LogP contribution in [0.5, 0.6) is 17.4 Å². The molecule has 3 aromatic rings. The average molecular weight is 385 g/mol. The Balaban J connectivity index is 1.48. The monoisotopic (exact) mass is 385 g/mol. The fourth-order valence-electron chi connectivity index (χ4n) is 2.35. The van der Waals surface area contributed by atoms with Crippen LogP contribution in [-0.2, 0) is 0 Å². The summed E-state index contributed by atoms with van der Waals surface area (Å²) >= 11 is 1.60. The van der Waals surface area contributed by atoms with Gasteiger partial charge < -0.3 is 19.5 Å². The van der Waals surface area contributed by atoms with Gasteiger partial charge in [-0.2, -0.15) is 0 Å². The summed E-state index contributed by atoms with van der Waals surface area (Å²) < 4.78 is 15.9. The molecule has 0 unspecified atom stereocenters. The molecule has 0 saturated heterocycles. The SMILES string of the molecule is COc1ccc(C(=O)NCCOc2ccc(-c3cccs3)nn2)cc1OC. The van der Waals surface area contributed by atoms with E-state index >= 15 is 0 Å². The van der Waals surface area contributed by atoms with Gasteiger partial charge in [-0.25, -0.2) is 0 Å². The zero-order chi connectivity index (χ0) is 19.1. The maximum absolute atomic E-state index is 12.2. The Morgan fingerprint density at radius 1 is 1.07 bits per heavy atom. The fraction of sp³-hybridized carbons (Fsp3) is 0.211. The highest BCUT2D eigenvalue weighted by molar-refractivity contribution is 7.13. The smallest absolute Gasteiger partial charge is 0.251 e. The van der Waals surface area contributed by atoms with Crippen molar-refractivity contribution in [3.63, 3.8) is 0 Å². The highest BCUT2D eigenvalue weighted by Crippen LogP contribution is 2.27. The van der Waals surface area contributed by atoms with Crippen LogP contribution in [0.15, 0.2) is 47.8 Å². The minimum absolute atomic E-state index is 0.223. The molecular formula is C19H19N3O4S. The van der Waals surface area contributed by atoms with E-state index in [0.29, 0.717) is 29.5 Å². The van der Waals surface area contributed by atoms with Crippen LogP contribution in [-0.4, -0.2) is 43.5 Å². The van der Waals surface area contributed by atoms with Gasteiger partial charge in [0.1, 0.15) is 12.3 Å². The predicted octanol–water partition coefficient (Wildman–Crippen LogP) is 3.03. The van der Waals surface area contributed by atoms with Crippen molar-refractivity contribution in [3.05, 3.63) is 53.4 Å². The summed E-state index contributed by atoms with van der Waals surface area (Å²) in [5.74, 6) is 1.26. The largest absolute Gasteiger partial charge is 0.493 e. The summed E-state index contributed by atoms with van der Waals surface area (Å²) in [5, 5.41) is 13.0. The molecule has 8 heteroatoms. The van der Waals surface area contributed by atoms with Gasteiger partial charge in [-0.05, 0) is 35.7 Å². The Morgan fingerprint density at radius 3 is 2.59 bits per heavy atom. The Kier molecular flexibility index (Phi) is 6.22. The maximum atomic E-state index is 12.2. The van der Waals surface area contributed by atoms with Gasteiger partial charge in [0, 0.05) is 11.6 Å². The van der Waals surface area contributed by atoms with Crippen molar-refractivity contribution in [1.82, 2.24) is 15.5 Å².